The maximum atomic E-state index is 13.7. The molecule has 0 saturated carbocycles. The molecule has 1 saturated heterocycles. The summed E-state index contributed by atoms with van der Waals surface area (Å²) in [6.45, 7) is 8.18. The van der Waals surface area contributed by atoms with Crippen LogP contribution >= 0.6 is 11.3 Å². The Kier molecular flexibility index (Phi) is 8.88. The molecule has 36 heavy (non-hydrogen) atoms. The lowest BCUT2D eigenvalue weighted by Gasteiger charge is -2.29. The zero-order valence-corrected chi connectivity index (χ0v) is 21.9. The van der Waals surface area contributed by atoms with Gasteiger partial charge in [0.25, 0.3) is 5.91 Å². The number of rotatable bonds is 10. The van der Waals surface area contributed by atoms with Crippen LogP contribution in [0, 0.1) is 19.7 Å². The summed E-state index contributed by atoms with van der Waals surface area (Å²) in [4.78, 5) is 35.2. The van der Waals surface area contributed by atoms with Crippen molar-refractivity contribution in [3.05, 3.63) is 92.9 Å². The largest absolute Gasteiger partial charge is 0.332 e. The van der Waals surface area contributed by atoms with Crippen molar-refractivity contribution < 1.29 is 14.0 Å². The molecule has 190 valence electrons. The summed E-state index contributed by atoms with van der Waals surface area (Å²) in [5, 5.41) is 0. The molecule has 0 aliphatic carbocycles. The Balaban J connectivity index is 1.53. The summed E-state index contributed by atoms with van der Waals surface area (Å²) in [7, 11) is 0. The van der Waals surface area contributed by atoms with Gasteiger partial charge in [0, 0.05) is 35.0 Å². The summed E-state index contributed by atoms with van der Waals surface area (Å²) >= 11 is 1.66. The van der Waals surface area contributed by atoms with Crippen molar-refractivity contribution in [1.82, 2.24) is 14.7 Å². The fourth-order valence-corrected chi connectivity index (χ4v) is 5.37. The number of likely N-dealkylation sites (tertiary alicyclic amines) is 1. The predicted octanol–water partition coefficient (Wildman–Crippen LogP) is 5.27. The number of halogens is 1. The van der Waals surface area contributed by atoms with Gasteiger partial charge in [-0.15, -0.1) is 11.3 Å². The molecule has 3 aromatic rings. The van der Waals surface area contributed by atoms with Gasteiger partial charge in [0.05, 0.1) is 6.54 Å². The minimum absolute atomic E-state index is 0.00605. The Bertz CT molecular complexity index is 1150. The third-order valence-corrected chi connectivity index (χ3v) is 7.56. The monoisotopic (exact) mass is 507 g/mol. The average Bonchev–Trinajstić information content (AvgIpc) is 3.54. The Labute approximate surface area is 217 Å². The summed E-state index contributed by atoms with van der Waals surface area (Å²) in [6, 6.07) is 17.8. The minimum atomic E-state index is -0.303. The lowest BCUT2D eigenvalue weighted by atomic mass is 10.1. The highest BCUT2D eigenvalue weighted by Gasteiger charge is 2.24. The van der Waals surface area contributed by atoms with E-state index in [0.717, 1.165) is 35.6 Å². The Morgan fingerprint density at radius 2 is 1.58 bits per heavy atom. The molecule has 0 unspecified atom stereocenters. The molecule has 1 fully saturated rings. The van der Waals surface area contributed by atoms with Crippen molar-refractivity contribution in [2.24, 2.45) is 0 Å². The second kappa shape index (κ2) is 12.3. The van der Waals surface area contributed by atoms with Crippen molar-refractivity contribution in [3.8, 4) is 0 Å². The lowest BCUT2D eigenvalue weighted by molar-refractivity contribution is -0.133. The molecule has 2 aromatic carbocycles. The standard InChI is InChI=1S/C29H34FN3O2S/c1-22-5-10-25(11-6-22)29(35)32(18-17-31-15-3-4-16-31)21-28(34)33(20-27-14-7-23(2)36-27)19-24-8-12-26(30)13-9-24/h5-14H,3-4,15-21H2,1-2H3. The van der Waals surface area contributed by atoms with Crippen molar-refractivity contribution in [2.75, 3.05) is 32.7 Å². The van der Waals surface area contributed by atoms with Crippen molar-refractivity contribution in [1.29, 1.82) is 0 Å². The number of carbonyl (C=O) groups excluding carboxylic acids is 2. The summed E-state index contributed by atoms with van der Waals surface area (Å²) in [6.07, 6.45) is 2.35. The Morgan fingerprint density at radius 1 is 0.889 bits per heavy atom. The highest BCUT2D eigenvalue weighted by Crippen LogP contribution is 2.20. The topological polar surface area (TPSA) is 43.9 Å². The van der Waals surface area contributed by atoms with Gasteiger partial charge in [-0.25, -0.2) is 4.39 Å². The predicted molar refractivity (Wildman–Crippen MR) is 142 cm³/mol. The first-order valence-electron chi connectivity index (χ1n) is 12.5. The molecule has 4 rings (SSSR count). The minimum Gasteiger partial charge on any atom is -0.332 e. The van der Waals surface area contributed by atoms with Crippen LogP contribution in [-0.4, -0.2) is 59.2 Å². The number of hydrogen-bond acceptors (Lipinski definition) is 4. The molecule has 0 atom stereocenters. The number of aryl methyl sites for hydroxylation is 2. The second-order valence-electron chi connectivity index (χ2n) is 9.53. The molecule has 0 bridgehead atoms. The van der Waals surface area contributed by atoms with Crippen LogP contribution < -0.4 is 0 Å². The first-order chi connectivity index (χ1) is 17.4. The highest BCUT2D eigenvalue weighted by atomic mass is 32.1. The molecule has 5 nitrogen and oxygen atoms in total. The van der Waals surface area contributed by atoms with Gasteiger partial charge in [0.15, 0.2) is 0 Å². The van der Waals surface area contributed by atoms with E-state index >= 15 is 0 Å². The van der Waals surface area contributed by atoms with E-state index < -0.39 is 0 Å². The number of carbonyl (C=O) groups is 2. The number of thiophene rings is 1. The van der Waals surface area contributed by atoms with Gasteiger partial charge in [0.2, 0.25) is 5.91 Å². The van der Waals surface area contributed by atoms with Gasteiger partial charge in [-0.1, -0.05) is 29.8 Å². The van der Waals surface area contributed by atoms with Crippen molar-refractivity contribution in [3.63, 3.8) is 0 Å². The maximum Gasteiger partial charge on any atom is 0.254 e. The van der Waals surface area contributed by atoms with E-state index in [9.17, 15) is 14.0 Å². The Hall–Kier alpha value is -3.03. The summed E-state index contributed by atoms with van der Waals surface area (Å²) < 4.78 is 13.5. The molecule has 0 N–H and O–H groups in total. The molecule has 7 heteroatoms. The average molecular weight is 508 g/mol. The van der Waals surface area contributed by atoms with Gasteiger partial charge >= 0.3 is 0 Å². The smallest absolute Gasteiger partial charge is 0.254 e. The zero-order chi connectivity index (χ0) is 25.5. The van der Waals surface area contributed by atoms with Crippen LogP contribution in [0.25, 0.3) is 0 Å². The quantitative estimate of drug-likeness (QED) is 0.376. The highest BCUT2D eigenvalue weighted by molar-refractivity contribution is 7.11. The molecule has 1 aromatic heterocycles. The van der Waals surface area contributed by atoms with Gasteiger partial charge < -0.3 is 14.7 Å². The van der Waals surface area contributed by atoms with Crippen LogP contribution in [0.15, 0.2) is 60.7 Å². The second-order valence-corrected chi connectivity index (χ2v) is 10.9. The van der Waals surface area contributed by atoms with Crippen LogP contribution in [0.5, 0.6) is 0 Å². The van der Waals surface area contributed by atoms with E-state index in [2.05, 4.69) is 4.90 Å². The number of hydrogen-bond donors (Lipinski definition) is 0. The van der Waals surface area contributed by atoms with Crippen LogP contribution in [-0.2, 0) is 17.9 Å². The van der Waals surface area contributed by atoms with E-state index in [-0.39, 0.29) is 24.2 Å². The Morgan fingerprint density at radius 3 is 2.22 bits per heavy atom. The molecule has 2 heterocycles. The molecular formula is C29H34FN3O2S. The summed E-state index contributed by atoms with van der Waals surface area (Å²) in [5.41, 5.74) is 2.53. The van der Waals surface area contributed by atoms with Crippen LogP contribution in [0.3, 0.4) is 0 Å². The lowest BCUT2D eigenvalue weighted by Crippen LogP contribution is -2.45. The van der Waals surface area contributed by atoms with Crippen LogP contribution in [0.4, 0.5) is 4.39 Å². The first-order valence-corrected chi connectivity index (χ1v) is 13.3. The number of nitrogens with zero attached hydrogens (tertiary/aromatic N) is 3. The van der Waals surface area contributed by atoms with Crippen molar-refractivity contribution >= 4 is 23.2 Å². The maximum absolute atomic E-state index is 13.7. The molecule has 1 aliphatic rings. The fourth-order valence-electron chi connectivity index (χ4n) is 4.46. The molecule has 0 radical (unpaired) electrons. The third kappa shape index (κ3) is 7.24. The van der Waals surface area contributed by atoms with Crippen molar-refractivity contribution in [2.45, 2.75) is 39.8 Å². The van der Waals surface area contributed by atoms with Gasteiger partial charge in [-0.3, -0.25) is 9.59 Å². The summed E-state index contributed by atoms with van der Waals surface area (Å²) in [5.74, 6) is -0.550. The van der Waals surface area contributed by atoms with E-state index in [1.807, 2.05) is 50.2 Å². The van der Waals surface area contributed by atoms with E-state index in [1.165, 1.54) is 29.9 Å². The van der Waals surface area contributed by atoms with E-state index in [1.54, 1.807) is 33.3 Å². The molecular weight excluding hydrogens is 473 g/mol. The van der Waals surface area contributed by atoms with E-state index in [0.29, 0.717) is 25.2 Å². The third-order valence-electron chi connectivity index (χ3n) is 6.58. The first kappa shape index (κ1) is 26.0. The fraction of sp³-hybridized carbons (Fsp3) is 0.379. The van der Waals surface area contributed by atoms with E-state index in [4.69, 9.17) is 0 Å². The van der Waals surface area contributed by atoms with Gasteiger partial charge in [0.1, 0.15) is 12.4 Å². The normalized spacial score (nSPS) is 13.6. The van der Waals surface area contributed by atoms with Gasteiger partial charge in [-0.05, 0) is 81.7 Å². The SMILES string of the molecule is Cc1ccc(C(=O)N(CCN2CCCC2)CC(=O)N(Cc2ccc(F)cc2)Cc2ccc(C)s2)cc1. The van der Waals surface area contributed by atoms with Gasteiger partial charge in [-0.2, -0.15) is 0 Å². The number of amides is 2. The zero-order valence-electron chi connectivity index (χ0n) is 21.1. The van der Waals surface area contributed by atoms with Crippen LogP contribution in [0.1, 0.15) is 44.1 Å². The molecule has 0 spiro atoms. The molecule has 1 aliphatic heterocycles. The number of benzene rings is 2. The van der Waals surface area contributed by atoms with Crippen LogP contribution in [0.2, 0.25) is 0 Å². The molecule has 2 amide bonds.